The molecule has 0 saturated heterocycles. The third-order valence-electron chi connectivity index (χ3n) is 2.61. The van der Waals surface area contributed by atoms with Crippen molar-refractivity contribution in [3.8, 4) is 0 Å². The number of nitrogens with two attached hydrogens (primary N) is 1. The molecule has 2 nitrogen and oxygen atoms in total. The average molecular weight is 274 g/mol. The van der Waals surface area contributed by atoms with Gasteiger partial charge in [-0.1, -0.05) is 15.9 Å². The van der Waals surface area contributed by atoms with E-state index in [1.807, 2.05) is 0 Å². The first-order valence-corrected chi connectivity index (χ1v) is 5.75. The molecule has 0 aliphatic heterocycles. The molecule has 1 saturated carbocycles. The Balaban J connectivity index is 1.90. The van der Waals surface area contributed by atoms with Crippen molar-refractivity contribution in [2.45, 2.75) is 31.6 Å². The highest BCUT2D eigenvalue weighted by Crippen LogP contribution is 2.25. The molecular formula is C11H13BrFNO. The SMILES string of the molecule is NC1CC(OCc2cc(F)ccc2Br)C1. The van der Waals surface area contributed by atoms with Crippen LogP contribution in [0.15, 0.2) is 22.7 Å². The molecule has 0 spiro atoms. The van der Waals surface area contributed by atoms with Gasteiger partial charge < -0.3 is 10.5 Å². The van der Waals surface area contributed by atoms with Crippen LogP contribution in [-0.4, -0.2) is 12.1 Å². The Morgan fingerprint density at radius 1 is 1.47 bits per heavy atom. The molecule has 0 atom stereocenters. The minimum absolute atomic E-state index is 0.234. The average Bonchev–Trinajstić information content (AvgIpc) is 2.16. The van der Waals surface area contributed by atoms with E-state index in [2.05, 4.69) is 15.9 Å². The van der Waals surface area contributed by atoms with Crippen molar-refractivity contribution in [1.82, 2.24) is 0 Å². The van der Waals surface area contributed by atoms with Crippen molar-refractivity contribution in [3.63, 3.8) is 0 Å². The highest BCUT2D eigenvalue weighted by atomic mass is 79.9. The van der Waals surface area contributed by atoms with Gasteiger partial charge in [-0.15, -0.1) is 0 Å². The van der Waals surface area contributed by atoms with Gasteiger partial charge >= 0.3 is 0 Å². The molecule has 2 rings (SSSR count). The van der Waals surface area contributed by atoms with E-state index in [0.29, 0.717) is 6.61 Å². The van der Waals surface area contributed by atoms with Gasteiger partial charge in [0.15, 0.2) is 0 Å². The summed E-state index contributed by atoms with van der Waals surface area (Å²) in [4.78, 5) is 0. The van der Waals surface area contributed by atoms with Gasteiger partial charge in [0.25, 0.3) is 0 Å². The molecule has 1 aromatic carbocycles. The topological polar surface area (TPSA) is 35.2 Å². The van der Waals surface area contributed by atoms with Crippen LogP contribution < -0.4 is 5.73 Å². The Labute approximate surface area is 96.7 Å². The van der Waals surface area contributed by atoms with Crippen LogP contribution >= 0.6 is 15.9 Å². The summed E-state index contributed by atoms with van der Waals surface area (Å²) in [6, 6.07) is 4.89. The molecular weight excluding hydrogens is 261 g/mol. The van der Waals surface area contributed by atoms with Crippen LogP contribution in [0.2, 0.25) is 0 Å². The second-order valence-corrected chi connectivity index (χ2v) is 4.75. The predicted octanol–water partition coefficient (Wildman–Crippen LogP) is 2.59. The third kappa shape index (κ3) is 2.77. The van der Waals surface area contributed by atoms with Crippen LogP contribution in [0.3, 0.4) is 0 Å². The lowest BCUT2D eigenvalue weighted by Crippen LogP contribution is -2.41. The van der Waals surface area contributed by atoms with E-state index in [9.17, 15) is 4.39 Å². The van der Waals surface area contributed by atoms with Gasteiger partial charge in [0, 0.05) is 10.5 Å². The van der Waals surface area contributed by atoms with Crippen molar-refractivity contribution in [3.05, 3.63) is 34.1 Å². The molecule has 0 amide bonds. The summed E-state index contributed by atoms with van der Waals surface area (Å²) < 4.78 is 19.4. The van der Waals surface area contributed by atoms with Gasteiger partial charge in [0.2, 0.25) is 0 Å². The van der Waals surface area contributed by atoms with Crippen LogP contribution in [0.1, 0.15) is 18.4 Å². The highest BCUT2D eigenvalue weighted by Gasteiger charge is 2.26. The van der Waals surface area contributed by atoms with Crippen molar-refractivity contribution in [2.75, 3.05) is 0 Å². The molecule has 0 bridgehead atoms. The zero-order chi connectivity index (χ0) is 10.8. The Kier molecular flexibility index (Phi) is 3.38. The van der Waals surface area contributed by atoms with Crippen LogP contribution in [0.5, 0.6) is 0 Å². The van der Waals surface area contributed by atoms with Gasteiger partial charge in [-0.2, -0.15) is 0 Å². The quantitative estimate of drug-likeness (QED) is 0.919. The Morgan fingerprint density at radius 2 is 2.20 bits per heavy atom. The fourth-order valence-electron chi connectivity index (χ4n) is 1.60. The van der Waals surface area contributed by atoms with E-state index in [1.165, 1.54) is 12.1 Å². The highest BCUT2D eigenvalue weighted by molar-refractivity contribution is 9.10. The van der Waals surface area contributed by atoms with Crippen LogP contribution in [-0.2, 0) is 11.3 Å². The molecule has 15 heavy (non-hydrogen) atoms. The first-order chi connectivity index (χ1) is 7.15. The minimum Gasteiger partial charge on any atom is -0.373 e. The van der Waals surface area contributed by atoms with Crippen molar-refractivity contribution < 1.29 is 9.13 Å². The van der Waals surface area contributed by atoms with Crippen LogP contribution in [0.25, 0.3) is 0 Å². The summed E-state index contributed by atoms with van der Waals surface area (Å²) in [5.41, 5.74) is 6.49. The maximum atomic E-state index is 12.9. The molecule has 4 heteroatoms. The molecule has 1 aliphatic rings. The summed E-state index contributed by atoms with van der Waals surface area (Å²) in [7, 11) is 0. The molecule has 1 fully saturated rings. The zero-order valence-electron chi connectivity index (χ0n) is 8.25. The summed E-state index contributed by atoms with van der Waals surface area (Å²) in [5.74, 6) is -0.234. The van der Waals surface area contributed by atoms with Crippen molar-refractivity contribution in [2.24, 2.45) is 5.73 Å². The first-order valence-electron chi connectivity index (χ1n) is 4.96. The van der Waals surface area contributed by atoms with Crippen molar-refractivity contribution >= 4 is 15.9 Å². The number of halogens is 2. The molecule has 2 N–H and O–H groups in total. The van der Waals surface area contributed by atoms with Crippen molar-refractivity contribution in [1.29, 1.82) is 0 Å². The third-order valence-corrected chi connectivity index (χ3v) is 3.39. The molecule has 0 heterocycles. The van der Waals surface area contributed by atoms with E-state index < -0.39 is 0 Å². The second-order valence-electron chi connectivity index (χ2n) is 3.90. The van der Waals surface area contributed by atoms with E-state index >= 15 is 0 Å². The maximum Gasteiger partial charge on any atom is 0.123 e. The summed E-state index contributed by atoms with van der Waals surface area (Å²) >= 11 is 3.36. The first kappa shape index (κ1) is 11.0. The van der Waals surface area contributed by atoms with Gasteiger partial charge in [-0.25, -0.2) is 4.39 Å². The number of hydrogen-bond acceptors (Lipinski definition) is 2. The number of hydrogen-bond donors (Lipinski definition) is 1. The fourth-order valence-corrected chi connectivity index (χ4v) is 1.97. The standard InChI is InChI=1S/C11H13BrFNO/c12-11-2-1-8(13)3-7(11)6-15-10-4-9(14)5-10/h1-3,9-10H,4-6,14H2. The van der Waals surface area contributed by atoms with Crippen LogP contribution in [0, 0.1) is 5.82 Å². The largest absolute Gasteiger partial charge is 0.373 e. The van der Waals surface area contributed by atoms with Gasteiger partial charge in [0.1, 0.15) is 5.82 Å². The summed E-state index contributed by atoms with van der Waals surface area (Å²) in [5, 5.41) is 0. The monoisotopic (exact) mass is 273 g/mol. The second kappa shape index (κ2) is 4.60. The van der Waals surface area contributed by atoms with Gasteiger partial charge in [0.05, 0.1) is 12.7 Å². The fraction of sp³-hybridized carbons (Fsp3) is 0.455. The van der Waals surface area contributed by atoms with E-state index in [1.54, 1.807) is 6.07 Å². The van der Waals surface area contributed by atoms with E-state index in [0.717, 1.165) is 22.9 Å². The summed E-state index contributed by atoms with van der Waals surface area (Å²) in [6.45, 7) is 0.440. The van der Waals surface area contributed by atoms with E-state index in [4.69, 9.17) is 10.5 Å². The maximum absolute atomic E-state index is 12.9. The van der Waals surface area contributed by atoms with E-state index in [-0.39, 0.29) is 18.0 Å². The van der Waals surface area contributed by atoms with Crippen LogP contribution in [0.4, 0.5) is 4.39 Å². The summed E-state index contributed by atoms with van der Waals surface area (Å²) in [6.07, 6.45) is 2.06. The Hall–Kier alpha value is -0.450. The predicted molar refractivity (Wildman–Crippen MR) is 59.9 cm³/mol. The number of rotatable bonds is 3. The van der Waals surface area contributed by atoms with Gasteiger partial charge in [-0.05, 0) is 36.6 Å². The Bertz CT molecular complexity index is 352. The smallest absolute Gasteiger partial charge is 0.123 e. The molecule has 0 unspecified atom stereocenters. The molecule has 82 valence electrons. The molecule has 0 aromatic heterocycles. The zero-order valence-corrected chi connectivity index (χ0v) is 9.84. The number of benzene rings is 1. The lowest BCUT2D eigenvalue weighted by molar-refractivity contribution is -0.0191. The van der Waals surface area contributed by atoms with Gasteiger partial charge in [-0.3, -0.25) is 0 Å². The lowest BCUT2D eigenvalue weighted by Gasteiger charge is -2.32. The molecule has 1 aromatic rings. The molecule has 1 aliphatic carbocycles. The number of ether oxygens (including phenoxy) is 1. The lowest BCUT2D eigenvalue weighted by atomic mass is 9.90. The molecule has 0 radical (unpaired) electrons. The normalized spacial score (nSPS) is 25.0. The Morgan fingerprint density at radius 3 is 2.87 bits per heavy atom. The minimum atomic E-state index is -0.234.